The van der Waals surface area contributed by atoms with E-state index < -0.39 is 5.91 Å². The Bertz CT molecular complexity index is 1470. The van der Waals surface area contributed by atoms with Crippen LogP contribution in [0.1, 0.15) is 33.4 Å². The highest BCUT2D eigenvalue weighted by Gasteiger charge is 2.14. The number of hydrogen-bond donors (Lipinski definition) is 2. The van der Waals surface area contributed by atoms with Crippen LogP contribution >= 0.6 is 27.3 Å². The Balaban J connectivity index is 1.33. The fraction of sp³-hybridized carbons (Fsp3) is 0.148. The summed E-state index contributed by atoms with van der Waals surface area (Å²) in [7, 11) is 0. The Labute approximate surface area is 236 Å². The molecule has 0 aliphatic rings. The second-order valence-corrected chi connectivity index (χ2v) is 9.89. The minimum absolute atomic E-state index is 0.0553. The van der Waals surface area contributed by atoms with Crippen molar-refractivity contribution >= 4 is 50.4 Å². The van der Waals surface area contributed by atoms with Crippen LogP contribution in [-0.2, 0) is 17.8 Å². The highest BCUT2D eigenvalue weighted by Crippen LogP contribution is 2.37. The van der Waals surface area contributed by atoms with Crippen molar-refractivity contribution in [2.75, 3.05) is 11.9 Å². The first-order chi connectivity index (χ1) is 18.9. The molecule has 0 bridgehead atoms. The number of ether oxygens (including phenoxy) is 2. The van der Waals surface area contributed by atoms with Crippen molar-refractivity contribution in [1.82, 2.24) is 15.6 Å². The van der Waals surface area contributed by atoms with Gasteiger partial charge in [0.05, 0.1) is 23.7 Å². The van der Waals surface area contributed by atoms with Gasteiger partial charge in [-0.1, -0.05) is 41.7 Å². The second-order valence-electron chi connectivity index (χ2n) is 7.97. The number of nitrogens with zero attached hydrogens (tertiary/aromatic N) is 3. The maximum atomic E-state index is 13.2. The topological polar surface area (TPSA) is 115 Å². The SMILES string of the molecule is CCOc1cc(C=NNC(=O)Cc2nnc(NC(=O)c3ccccc3)s2)cc(Br)c1OCc1ccc(F)cc1. The first kappa shape index (κ1) is 27.9. The summed E-state index contributed by atoms with van der Waals surface area (Å²) in [6, 6.07) is 18.3. The van der Waals surface area contributed by atoms with E-state index in [4.69, 9.17) is 9.47 Å². The summed E-state index contributed by atoms with van der Waals surface area (Å²) in [5.41, 5.74) is 4.41. The van der Waals surface area contributed by atoms with Crippen LogP contribution in [0.2, 0.25) is 0 Å². The average Bonchev–Trinajstić information content (AvgIpc) is 3.36. The maximum Gasteiger partial charge on any atom is 0.257 e. The van der Waals surface area contributed by atoms with E-state index in [1.165, 1.54) is 18.3 Å². The van der Waals surface area contributed by atoms with Crippen LogP contribution in [-0.4, -0.2) is 34.8 Å². The Morgan fingerprint density at radius 3 is 2.59 bits per heavy atom. The molecule has 0 aliphatic heterocycles. The Kier molecular flexibility index (Phi) is 9.70. The molecule has 0 unspecified atom stereocenters. The molecule has 4 rings (SSSR count). The molecule has 1 heterocycles. The molecule has 0 aliphatic carbocycles. The van der Waals surface area contributed by atoms with Gasteiger partial charge in [0.1, 0.15) is 17.4 Å². The molecule has 12 heteroatoms. The number of nitrogens with one attached hydrogen (secondary N) is 2. The molecule has 0 spiro atoms. The number of anilines is 1. The first-order valence-corrected chi connectivity index (χ1v) is 13.4. The highest BCUT2D eigenvalue weighted by atomic mass is 79.9. The number of amides is 2. The Morgan fingerprint density at radius 1 is 1.08 bits per heavy atom. The predicted molar refractivity (Wildman–Crippen MR) is 150 cm³/mol. The van der Waals surface area contributed by atoms with Crippen molar-refractivity contribution in [3.8, 4) is 11.5 Å². The first-order valence-electron chi connectivity index (χ1n) is 11.8. The van der Waals surface area contributed by atoms with Gasteiger partial charge < -0.3 is 9.47 Å². The van der Waals surface area contributed by atoms with E-state index in [1.54, 1.807) is 48.5 Å². The lowest BCUT2D eigenvalue weighted by Crippen LogP contribution is -2.19. The van der Waals surface area contributed by atoms with Crippen molar-refractivity contribution in [2.45, 2.75) is 20.0 Å². The van der Waals surface area contributed by atoms with Crippen LogP contribution in [0.3, 0.4) is 0 Å². The van der Waals surface area contributed by atoms with Gasteiger partial charge in [0.2, 0.25) is 11.0 Å². The molecule has 4 aromatic rings. The minimum Gasteiger partial charge on any atom is -0.490 e. The zero-order valence-electron chi connectivity index (χ0n) is 20.7. The number of benzene rings is 3. The lowest BCUT2D eigenvalue weighted by Gasteiger charge is -2.14. The van der Waals surface area contributed by atoms with E-state index >= 15 is 0 Å². The van der Waals surface area contributed by atoms with Crippen molar-refractivity contribution in [1.29, 1.82) is 0 Å². The molecule has 9 nitrogen and oxygen atoms in total. The summed E-state index contributed by atoms with van der Waals surface area (Å²) in [5.74, 6) is -0.0379. The minimum atomic E-state index is -0.397. The van der Waals surface area contributed by atoms with Gasteiger partial charge in [-0.15, -0.1) is 10.2 Å². The van der Waals surface area contributed by atoms with Crippen molar-refractivity contribution in [3.05, 3.63) is 98.7 Å². The van der Waals surface area contributed by atoms with Crippen molar-refractivity contribution in [2.24, 2.45) is 5.10 Å². The Morgan fingerprint density at radius 2 is 1.85 bits per heavy atom. The van der Waals surface area contributed by atoms with Crippen molar-refractivity contribution in [3.63, 3.8) is 0 Å². The fourth-order valence-corrected chi connectivity index (χ4v) is 4.60. The van der Waals surface area contributed by atoms with E-state index in [2.05, 4.69) is 42.0 Å². The van der Waals surface area contributed by atoms with Crippen LogP contribution in [0.4, 0.5) is 9.52 Å². The van der Waals surface area contributed by atoms with Crippen LogP contribution in [0.15, 0.2) is 76.3 Å². The van der Waals surface area contributed by atoms with E-state index in [1.807, 2.05) is 13.0 Å². The third-order valence-corrected chi connectivity index (χ3v) is 6.49. The lowest BCUT2D eigenvalue weighted by molar-refractivity contribution is -0.120. The number of carbonyl (C=O) groups is 2. The normalized spacial score (nSPS) is 10.8. The molecule has 0 radical (unpaired) electrons. The van der Waals surface area contributed by atoms with E-state index in [-0.39, 0.29) is 24.8 Å². The molecule has 0 saturated heterocycles. The summed E-state index contributed by atoms with van der Waals surface area (Å²) < 4.78 is 25.4. The number of hydrogen-bond acceptors (Lipinski definition) is 8. The lowest BCUT2D eigenvalue weighted by atomic mass is 10.2. The number of carbonyl (C=O) groups excluding carboxylic acids is 2. The van der Waals surface area contributed by atoms with Gasteiger partial charge >= 0.3 is 0 Å². The second kappa shape index (κ2) is 13.6. The predicted octanol–water partition coefficient (Wildman–Crippen LogP) is 5.36. The van der Waals surface area contributed by atoms with Crippen LogP contribution in [0, 0.1) is 5.82 Å². The number of rotatable bonds is 11. The standard InChI is InChI=1S/C27H23BrFN5O4S/c1-2-37-22-13-18(12-21(28)25(22)38-16-17-8-10-20(29)11-9-17)15-30-32-23(35)14-24-33-34-27(39-24)31-26(36)19-6-4-3-5-7-19/h3-13,15H,2,14,16H2,1H3,(H,32,35)(H,31,34,36). The van der Waals surface area contributed by atoms with Gasteiger partial charge in [-0.2, -0.15) is 5.10 Å². The third-order valence-electron chi connectivity index (χ3n) is 5.07. The molecular formula is C27H23BrFN5O4S. The molecule has 0 fully saturated rings. The van der Waals surface area contributed by atoms with E-state index in [0.29, 0.717) is 43.8 Å². The monoisotopic (exact) mass is 611 g/mol. The molecule has 0 saturated carbocycles. The number of aromatic nitrogens is 2. The van der Waals surface area contributed by atoms with Gasteiger partial charge in [0.15, 0.2) is 11.5 Å². The summed E-state index contributed by atoms with van der Waals surface area (Å²) >= 11 is 4.60. The molecule has 39 heavy (non-hydrogen) atoms. The number of halogens is 2. The summed E-state index contributed by atoms with van der Waals surface area (Å²) in [6.07, 6.45) is 1.42. The van der Waals surface area contributed by atoms with E-state index in [0.717, 1.165) is 16.9 Å². The van der Waals surface area contributed by atoms with Crippen LogP contribution in [0.5, 0.6) is 11.5 Å². The molecular weight excluding hydrogens is 589 g/mol. The van der Waals surface area contributed by atoms with E-state index in [9.17, 15) is 14.0 Å². The molecule has 3 aromatic carbocycles. The molecule has 2 N–H and O–H groups in total. The van der Waals surface area contributed by atoms with Gasteiger partial charge in [-0.05, 0) is 70.4 Å². The summed E-state index contributed by atoms with van der Waals surface area (Å²) in [4.78, 5) is 24.6. The quantitative estimate of drug-likeness (QED) is 0.174. The van der Waals surface area contributed by atoms with Gasteiger partial charge in [0.25, 0.3) is 5.91 Å². The molecule has 0 atom stereocenters. The van der Waals surface area contributed by atoms with Gasteiger partial charge in [-0.25, -0.2) is 9.82 Å². The summed E-state index contributed by atoms with van der Waals surface area (Å²) in [5, 5.41) is 15.3. The molecule has 200 valence electrons. The van der Waals surface area contributed by atoms with Crippen molar-refractivity contribution < 1.29 is 23.5 Å². The molecule has 2 amide bonds. The fourth-order valence-electron chi connectivity index (χ4n) is 3.29. The zero-order valence-corrected chi connectivity index (χ0v) is 23.1. The van der Waals surface area contributed by atoms with Crippen LogP contribution in [0.25, 0.3) is 0 Å². The zero-order chi connectivity index (χ0) is 27.6. The maximum absolute atomic E-state index is 13.2. The van der Waals surface area contributed by atoms with Crippen LogP contribution < -0.4 is 20.2 Å². The van der Waals surface area contributed by atoms with Gasteiger partial charge in [-0.3, -0.25) is 14.9 Å². The Hall–Kier alpha value is -4.16. The largest absolute Gasteiger partial charge is 0.490 e. The summed E-state index contributed by atoms with van der Waals surface area (Å²) in [6.45, 7) is 2.49. The third kappa shape index (κ3) is 8.16. The smallest absolute Gasteiger partial charge is 0.257 e. The molecule has 1 aromatic heterocycles. The highest BCUT2D eigenvalue weighted by molar-refractivity contribution is 9.10. The average molecular weight is 612 g/mol. The number of hydrazone groups is 1. The van der Waals surface area contributed by atoms with Gasteiger partial charge in [0, 0.05) is 5.56 Å².